The van der Waals surface area contributed by atoms with Gasteiger partial charge >= 0.3 is 0 Å². The number of rotatable bonds is 3. The van der Waals surface area contributed by atoms with Crippen LogP contribution in [-0.2, 0) is 10.8 Å². The van der Waals surface area contributed by atoms with Crippen molar-refractivity contribution in [2.24, 2.45) is 0 Å². The van der Waals surface area contributed by atoms with Crippen molar-refractivity contribution in [3.63, 3.8) is 0 Å². The molecule has 3 nitrogen and oxygen atoms in total. The molecule has 0 radical (unpaired) electrons. The zero-order valence-corrected chi connectivity index (χ0v) is 10.9. The number of phenolic OH excluding ortho intramolecular Hbond substituents is 1. The van der Waals surface area contributed by atoms with Gasteiger partial charge in [-0.05, 0) is 12.5 Å². The van der Waals surface area contributed by atoms with Crippen LogP contribution in [0.5, 0.6) is 5.75 Å². The molecular weight excluding hydrogens is 234 g/mol. The normalized spacial score (nSPS) is 20.3. The molecule has 94 valence electrons. The Hall–Kier alpha value is -0.870. The molecule has 1 unspecified atom stereocenters. The second kappa shape index (κ2) is 5.65. The minimum atomic E-state index is -0.645. The molecule has 1 N–H and O–H groups in total. The van der Waals surface area contributed by atoms with E-state index >= 15 is 0 Å². The van der Waals surface area contributed by atoms with Gasteiger partial charge in [0.1, 0.15) is 5.75 Å². The van der Waals surface area contributed by atoms with Crippen LogP contribution in [0.1, 0.15) is 24.9 Å². The molecule has 4 heteroatoms. The molecule has 0 amide bonds. The van der Waals surface area contributed by atoms with Gasteiger partial charge in [-0.15, -0.1) is 0 Å². The number of hydrogen-bond acceptors (Lipinski definition) is 3. The van der Waals surface area contributed by atoms with Gasteiger partial charge in [-0.2, -0.15) is 0 Å². The summed E-state index contributed by atoms with van der Waals surface area (Å²) in [5.74, 6) is 1.87. The van der Waals surface area contributed by atoms with Crippen LogP contribution in [0.25, 0.3) is 0 Å². The number of aromatic hydroxyl groups is 1. The van der Waals surface area contributed by atoms with Crippen LogP contribution in [0, 0.1) is 0 Å². The van der Waals surface area contributed by atoms with E-state index in [0.29, 0.717) is 5.75 Å². The highest BCUT2D eigenvalue weighted by Crippen LogP contribution is 2.31. The monoisotopic (exact) mass is 253 g/mol. The molecule has 1 fully saturated rings. The Kier molecular flexibility index (Phi) is 4.18. The van der Waals surface area contributed by atoms with Crippen LogP contribution in [0.3, 0.4) is 0 Å². The summed E-state index contributed by atoms with van der Waals surface area (Å²) in [6, 6.07) is 7.76. The average molecular weight is 253 g/mol. The molecule has 1 saturated heterocycles. The van der Waals surface area contributed by atoms with Crippen molar-refractivity contribution in [2.45, 2.75) is 19.4 Å². The highest BCUT2D eigenvalue weighted by atomic mass is 32.2. The largest absolute Gasteiger partial charge is 0.508 e. The van der Waals surface area contributed by atoms with Crippen molar-refractivity contribution in [1.29, 1.82) is 0 Å². The summed E-state index contributed by atoms with van der Waals surface area (Å²) in [4.78, 5) is 2.33. The van der Waals surface area contributed by atoms with Gasteiger partial charge < -0.3 is 5.11 Å². The molecule has 0 saturated carbocycles. The summed E-state index contributed by atoms with van der Waals surface area (Å²) in [6.45, 7) is 3.85. The van der Waals surface area contributed by atoms with Gasteiger partial charge in [0.15, 0.2) is 0 Å². The maximum Gasteiger partial charge on any atom is 0.120 e. The van der Waals surface area contributed by atoms with Crippen LogP contribution in [-0.4, -0.2) is 38.8 Å². The van der Waals surface area contributed by atoms with Gasteiger partial charge in [-0.1, -0.05) is 25.1 Å². The molecule has 17 heavy (non-hydrogen) atoms. The van der Waals surface area contributed by atoms with Gasteiger partial charge in [-0.3, -0.25) is 9.11 Å². The molecule has 1 atom stereocenters. The van der Waals surface area contributed by atoms with E-state index < -0.39 is 10.8 Å². The fourth-order valence-corrected chi connectivity index (χ4v) is 3.49. The summed E-state index contributed by atoms with van der Waals surface area (Å²) in [7, 11) is -0.645. The predicted molar refractivity (Wildman–Crippen MR) is 70.6 cm³/mol. The second-order valence-corrected chi connectivity index (χ2v) is 6.06. The van der Waals surface area contributed by atoms with Crippen molar-refractivity contribution in [3.8, 4) is 5.75 Å². The van der Waals surface area contributed by atoms with E-state index in [1.807, 2.05) is 18.2 Å². The molecule has 0 spiro atoms. The molecule has 0 aromatic heterocycles. The topological polar surface area (TPSA) is 40.5 Å². The van der Waals surface area contributed by atoms with Gasteiger partial charge in [0.05, 0.1) is 0 Å². The van der Waals surface area contributed by atoms with Crippen LogP contribution >= 0.6 is 0 Å². The Labute approximate surface area is 105 Å². The first-order valence-electron chi connectivity index (χ1n) is 6.09. The first kappa shape index (κ1) is 12.6. The SMILES string of the molecule is CCC(c1ccccc1O)N1CCS(=O)CC1. The molecule has 1 aromatic carbocycles. The molecule has 2 rings (SSSR count). The van der Waals surface area contributed by atoms with Gasteiger partial charge in [-0.25, -0.2) is 0 Å². The summed E-state index contributed by atoms with van der Waals surface area (Å²) in [6.07, 6.45) is 0.963. The zero-order chi connectivity index (χ0) is 12.3. The Bertz CT molecular complexity index is 398. The molecule has 0 bridgehead atoms. The molecular formula is C13H19NO2S. The Morgan fingerprint density at radius 3 is 2.59 bits per heavy atom. The minimum Gasteiger partial charge on any atom is -0.508 e. The number of benzene rings is 1. The number of hydrogen-bond donors (Lipinski definition) is 1. The van der Waals surface area contributed by atoms with Crippen molar-refractivity contribution in [3.05, 3.63) is 29.8 Å². The maximum absolute atomic E-state index is 11.4. The van der Waals surface area contributed by atoms with Crippen LogP contribution in [0.15, 0.2) is 24.3 Å². The zero-order valence-electron chi connectivity index (χ0n) is 10.1. The van der Waals surface area contributed by atoms with Crippen molar-refractivity contribution in [2.75, 3.05) is 24.6 Å². The fourth-order valence-electron chi connectivity index (χ4n) is 2.41. The van der Waals surface area contributed by atoms with E-state index in [0.717, 1.165) is 36.6 Å². The third-order valence-corrected chi connectivity index (χ3v) is 4.61. The van der Waals surface area contributed by atoms with E-state index in [9.17, 15) is 9.32 Å². The smallest absolute Gasteiger partial charge is 0.120 e. The van der Waals surface area contributed by atoms with Crippen LogP contribution in [0.2, 0.25) is 0 Å². The van der Waals surface area contributed by atoms with Crippen LogP contribution in [0.4, 0.5) is 0 Å². The summed E-state index contributed by atoms with van der Waals surface area (Å²) in [5.41, 5.74) is 0.989. The van der Waals surface area contributed by atoms with Crippen molar-refractivity contribution >= 4 is 10.8 Å². The number of para-hydroxylation sites is 1. The lowest BCUT2D eigenvalue weighted by Crippen LogP contribution is -2.40. The molecule has 1 aliphatic rings. The lowest BCUT2D eigenvalue weighted by Gasteiger charge is -2.34. The summed E-state index contributed by atoms with van der Waals surface area (Å²) >= 11 is 0. The molecule has 1 aromatic rings. The van der Waals surface area contributed by atoms with E-state index in [2.05, 4.69) is 11.8 Å². The van der Waals surface area contributed by atoms with Gasteiger partial charge in [0.25, 0.3) is 0 Å². The van der Waals surface area contributed by atoms with E-state index in [1.54, 1.807) is 6.07 Å². The van der Waals surface area contributed by atoms with E-state index in [1.165, 1.54) is 0 Å². The maximum atomic E-state index is 11.4. The lowest BCUT2D eigenvalue weighted by atomic mass is 10.0. The van der Waals surface area contributed by atoms with Gasteiger partial charge in [0, 0.05) is 47.0 Å². The molecule has 1 aliphatic heterocycles. The first-order valence-corrected chi connectivity index (χ1v) is 7.58. The third-order valence-electron chi connectivity index (χ3n) is 3.34. The van der Waals surface area contributed by atoms with Gasteiger partial charge in [0.2, 0.25) is 0 Å². The van der Waals surface area contributed by atoms with Crippen molar-refractivity contribution < 1.29 is 9.32 Å². The van der Waals surface area contributed by atoms with Crippen molar-refractivity contribution in [1.82, 2.24) is 4.90 Å². The second-order valence-electron chi connectivity index (χ2n) is 4.37. The fraction of sp³-hybridized carbons (Fsp3) is 0.538. The average Bonchev–Trinajstić information content (AvgIpc) is 2.35. The first-order chi connectivity index (χ1) is 8.22. The molecule has 0 aliphatic carbocycles. The predicted octanol–water partition coefficient (Wildman–Crippen LogP) is 1.91. The standard InChI is InChI=1S/C13H19NO2S/c1-2-12(11-5-3-4-6-13(11)15)14-7-9-17(16)10-8-14/h3-6,12,15H,2,7-10H2,1H3. The van der Waals surface area contributed by atoms with E-state index in [4.69, 9.17) is 0 Å². The summed E-state index contributed by atoms with van der Waals surface area (Å²) in [5, 5.41) is 9.91. The van der Waals surface area contributed by atoms with Crippen LogP contribution < -0.4 is 0 Å². The lowest BCUT2D eigenvalue weighted by molar-refractivity contribution is 0.207. The summed E-state index contributed by atoms with van der Waals surface area (Å²) < 4.78 is 11.4. The Balaban J connectivity index is 2.16. The Morgan fingerprint density at radius 1 is 1.35 bits per heavy atom. The molecule has 1 heterocycles. The van der Waals surface area contributed by atoms with E-state index in [-0.39, 0.29) is 6.04 Å². The number of phenols is 1. The highest BCUT2D eigenvalue weighted by molar-refractivity contribution is 7.85. The Morgan fingerprint density at radius 2 is 2.00 bits per heavy atom. The highest BCUT2D eigenvalue weighted by Gasteiger charge is 2.24. The minimum absolute atomic E-state index is 0.244. The number of nitrogens with zero attached hydrogens (tertiary/aromatic N) is 1. The third kappa shape index (κ3) is 2.87. The quantitative estimate of drug-likeness (QED) is 0.894.